The first-order valence-corrected chi connectivity index (χ1v) is 6.46. The van der Waals surface area contributed by atoms with E-state index in [0.29, 0.717) is 0 Å². The third-order valence-corrected chi connectivity index (χ3v) is 2.96. The van der Waals surface area contributed by atoms with Crippen molar-refractivity contribution in [3.8, 4) is 0 Å². The van der Waals surface area contributed by atoms with Crippen LogP contribution in [0.3, 0.4) is 0 Å². The van der Waals surface area contributed by atoms with Crippen molar-refractivity contribution in [2.24, 2.45) is 0 Å². The molecule has 2 aromatic carbocycles. The molecule has 0 unspecified atom stereocenters. The van der Waals surface area contributed by atoms with Crippen molar-refractivity contribution in [3.63, 3.8) is 0 Å². The van der Waals surface area contributed by atoms with Crippen LogP contribution in [0.1, 0.15) is 5.56 Å². The molecule has 2 aromatic rings. The van der Waals surface area contributed by atoms with Gasteiger partial charge < -0.3 is 10.2 Å². The average molecular weight is 258 g/mol. The van der Waals surface area contributed by atoms with Crippen LogP contribution < -0.4 is 5.32 Å². The SMILES string of the molecule is CN(CCNc1ccc(F)cc1)Cc1ccccc1. The van der Waals surface area contributed by atoms with E-state index in [0.717, 1.165) is 25.3 Å². The number of likely N-dealkylation sites (N-methyl/N-ethyl adjacent to an activating group) is 1. The van der Waals surface area contributed by atoms with Crippen molar-refractivity contribution in [2.75, 3.05) is 25.5 Å². The summed E-state index contributed by atoms with van der Waals surface area (Å²) in [5.41, 5.74) is 2.27. The zero-order valence-electron chi connectivity index (χ0n) is 11.1. The quantitative estimate of drug-likeness (QED) is 0.854. The number of halogens is 1. The number of nitrogens with zero attached hydrogens (tertiary/aromatic N) is 1. The zero-order valence-corrected chi connectivity index (χ0v) is 11.1. The Labute approximate surface area is 113 Å². The number of benzene rings is 2. The molecule has 1 N–H and O–H groups in total. The molecule has 0 saturated carbocycles. The Morgan fingerprint density at radius 3 is 2.37 bits per heavy atom. The van der Waals surface area contributed by atoms with Gasteiger partial charge in [0, 0.05) is 25.3 Å². The maximum absolute atomic E-state index is 12.7. The minimum Gasteiger partial charge on any atom is -0.384 e. The summed E-state index contributed by atoms with van der Waals surface area (Å²) >= 11 is 0. The van der Waals surface area contributed by atoms with E-state index in [2.05, 4.69) is 41.5 Å². The molecule has 19 heavy (non-hydrogen) atoms. The number of hydrogen-bond acceptors (Lipinski definition) is 2. The Hall–Kier alpha value is -1.87. The average Bonchev–Trinajstić information content (AvgIpc) is 2.42. The van der Waals surface area contributed by atoms with E-state index in [1.807, 2.05) is 6.07 Å². The summed E-state index contributed by atoms with van der Waals surface area (Å²) in [5, 5.41) is 3.28. The topological polar surface area (TPSA) is 15.3 Å². The van der Waals surface area contributed by atoms with Crippen molar-refractivity contribution >= 4 is 5.69 Å². The highest BCUT2D eigenvalue weighted by Crippen LogP contribution is 2.08. The van der Waals surface area contributed by atoms with E-state index in [1.165, 1.54) is 17.7 Å². The van der Waals surface area contributed by atoms with Gasteiger partial charge in [-0.2, -0.15) is 0 Å². The summed E-state index contributed by atoms with van der Waals surface area (Å²) in [7, 11) is 2.10. The first-order valence-electron chi connectivity index (χ1n) is 6.46. The van der Waals surface area contributed by atoms with Crippen LogP contribution in [-0.2, 0) is 6.54 Å². The summed E-state index contributed by atoms with van der Waals surface area (Å²) in [4.78, 5) is 2.26. The normalized spacial score (nSPS) is 10.7. The van der Waals surface area contributed by atoms with Gasteiger partial charge in [0.15, 0.2) is 0 Å². The Balaban J connectivity index is 1.72. The molecule has 2 rings (SSSR count). The summed E-state index contributed by atoms with van der Waals surface area (Å²) in [6.07, 6.45) is 0. The fraction of sp³-hybridized carbons (Fsp3) is 0.250. The highest BCUT2D eigenvalue weighted by Gasteiger charge is 1.99. The molecule has 0 amide bonds. The van der Waals surface area contributed by atoms with E-state index >= 15 is 0 Å². The lowest BCUT2D eigenvalue weighted by molar-refractivity contribution is 0.340. The third-order valence-electron chi connectivity index (χ3n) is 2.96. The monoisotopic (exact) mass is 258 g/mol. The molecule has 0 atom stereocenters. The number of nitrogens with one attached hydrogen (secondary N) is 1. The third kappa shape index (κ3) is 4.72. The number of rotatable bonds is 6. The maximum atomic E-state index is 12.7. The van der Waals surface area contributed by atoms with Crippen molar-refractivity contribution in [1.82, 2.24) is 4.90 Å². The van der Waals surface area contributed by atoms with Crippen LogP contribution in [0.2, 0.25) is 0 Å². The van der Waals surface area contributed by atoms with Gasteiger partial charge in [-0.25, -0.2) is 4.39 Å². The minimum atomic E-state index is -0.202. The lowest BCUT2D eigenvalue weighted by Crippen LogP contribution is -2.24. The van der Waals surface area contributed by atoms with Gasteiger partial charge in [0.2, 0.25) is 0 Å². The predicted molar refractivity (Wildman–Crippen MR) is 77.7 cm³/mol. The van der Waals surface area contributed by atoms with Crippen LogP contribution in [0, 0.1) is 5.82 Å². The van der Waals surface area contributed by atoms with Gasteiger partial charge in [0.1, 0.15) is 5.82 Å². The first-order chi connectivity index (χ1) is 9.24. The molecule has 0 aromatic heterocycles. The molecule has 0 spiro atoms. The Morgan fingerprint density at radius 2 is 1.68 bits per heavy atom. The van der Waals surface area contributed by atoms with Crippen LogP contribution in [0.4, 0.5) is 10.1 Å². The molecule has 2 nitrogen and oxygen atoms in total. The molecule has 0 aliphatic rings. The number of anilines is 1. The summed E-state index contributed by atoms with van der Waals surface area (Å²) in [5.74, 6) is -0.202. The Bertz CT molecular complexity index is 482. The van der Waals surface area contributed by atoms with Crippen molar-refractivity contribution < 1.29 is 4.39 Å². The summed E-state index contributed by atoms with van der Waals surface area (Å²) in [6, 6.07) is 16.8. The van der Waals surface area contributed by atoms with Crippen LogP contribution in [-0.4, -0.2) is 25.0 Å². The molecule has 0 radical (unpaired) electrons. The van der Waals surface area contributed by atoms with Gasteiger partial charge in [-0.1, -0.05) is 30.3 Å². The zero-order chi connectivity index (χ0) is 13.5. The molecule has 0 aliphatic carbocycles. The molecule has 100 valence electrons. The van der Waals surface area contributed by atoms with Gasteiger partial charge >= 0.3 is 0 Å². The van der Waals surface area contributed by atoms with E-state index < -0.39 is 0 Å². The molecule has 0 heterocycles. The molecule has 0 bridgehead atoms. The fourth-order valence-corrected chi connectivity index (χ4v) is 1.93. The highest BCUT2D eigenvalue weighted by atomic mass is 19.1. The van der Waals surface area contributed by atoms with Gasteiger partial charge in [0.05, 0.1) is 0 Å². The molecule has 3 heteroatoms. The van der Waals surface area contributed by atoms with Crippen molar-refractivity contribution in [3.05, 3.63) is 66.0 Å². The summed E-state index contributed by atoms with van der Waals surface area (Å²) < 4.78 is 12.7. The van der Waals surface area contributed by atoms with Gasteiger partial charge in [-0.3, -0.25) is 0 Å². The molecule has 0 fully saturated rings. The van der Waals surface area contributed by atoms with Crippen LogP contribution >= 0.6 is 0 Å². The maximum Gasteiger partial charge on any atom is 0.123 e. The van der Waals surface area contributed by atoms with E-state index in [9.17, 15) is 4.39 Å². The summed E-state index contributed by atoms with van der Waals surface area (Å²) in [6.45, 7) is 2.72. The van der Waals surface area contributed by atoms with Crippen LogP contribution in [0.25, 0.3) is 0 Å². The Kier molecular flexibility index (Phi) is 4.93. The van der Waals surface area contributed by atoms with Gasteiger partial charge in [-0.15, -0.1) is 0 Å². The molecule has 0 saturated heterocycles. The smallest absolute Gasteiger partial charge is 0.123 e. The highest BCUT2D eigenvalue weighted by molar-refractivity contribution is 5.42. The molecular weight excluding hydrogens is 239 g/mol. The van der Waals surface area contributed by atoms with E-state index in [1.54, 1.807) is 12.1 Å². The second kappa shape index (κ2) is 6.90. The second-order valence-electron chi connectivity index (χ2n) is 4.66. The minimum absolute atomic E-state index is 0.202. The largest absolute Gasteiger partial charge is 0.384 e. The molecular formula is C16H19FN2. The first kappa shape index (κ1) is 13.6. The standard InChI is InChI=1S/C16H19FN2/c1-19(13-14-5-3-2-4-6-14)12-11-18-16-9-7-15(17)8-10-16/h2-10,18H,11-13H2,1H3. The van der Waals surface area contributed by atoms with Crippen molar-refractivity contribution in [2.45, 2.75) is 6.54 Å². The van der Waals surface area contributed by atoms with Gasteiger partial charge in [-0.05, 0) is 36.9 Å². The molecule has 0 aliphatic heterocycles. The Morgan fingerprint density at radius 1 is 1.00 bits per heavy atom. The van der Waals surface area contributed by atoms with Gasteiger partial charge in [0.25, 0.3) is 0 Å². The van der Waals surface area contributed by atoms with Crippen LogP contribution in [0.5, 0.6) is 0 Å². The van der Waals surface area contributed by atoms with Crippen LogP contribution in [0.15, 0.2) is 54.6 Å². The second-order valence-corrected chi connectivity index (χ2v) is 4.66. The number of hydrogen-bond donors (Lipinski definition) is 1. The lowest BCUT2D eigenvalue weighted by atomic mass is 10.2. The van der Waals surface area contributed by atoms with Crippen molar-refractivity contribution in [1.29, 1.82) is 0 Å². The fourth-order valence-electron chi connectivity index (χ4n) is 1.93. The lowest BCUT2D eigenvalue weighted by Gasteiger charge is -2.17. The van der Waals surface area contributed by atoms with E-state index in [-0.39, 0.29) is 5.82 Å². The van der Waals surface area contributed by atoms with E-state index in [4.69, 9.17) is 0 Å². The predicted octanol–water partition coefficient (Wildman–Crippen LogP) is 3.37.